The van der Waals surface area contributed by atoms with Crippen molar-refractivity contribution in [3.63, 3.8) is 0 Å². The number of aromatic nitrogens is 2. The molecule has 5 heteroatoms. The molecule has 3 nitrogen and oxygen atoms in total. The van der Waals surface area contributed by atoms with Crippen molar-refractivity contribution in [2.45, 2.75) is 19.9 Å². The number of hydrogen-bond donors (Lipinski definition) is 1. The summed E-state index contributed by atoms with van der Waals surface area (Å²) < 4.78 is 5.32. The quantitative estimate of drug-likeness (QED) is 0.939. The Morgan fingerprint density at radius 2 is 2.31 bits per heavy atom. The lowest BCUT2D eigenvalue weighted by molar-refractivity contribution is 0.993. The van der Waals surface area contributed by atoms with Gasteiger partial charge in [-0.25, -0.2) is 4.98 Å². The van der Waals surface area contributed by atoms with E-state index in [2.05, 4.69) is 49.7 Å². The van der Waals surface area contributed by atoms with E-state index in [-0.39, 0.29) is 0 Å². The van der Waals surface area contributed by atoms with E-state index in [1.807, 2.05) is 12.1 Å². The van der Waals surface area contributed by atoms with Gasteiger partial charge in [-0.05, 0) is 17.7 Å². The van der Waals surface area contributed by atoms with Crippen LogP contribution in [-0.4, -0.2) is 9.36 Å². The Labute approximate surface area is 107 Å². The molecule has 0 unspecified atom stereocenters. The van der Waals surface area contributed by atoms with Gasteiger partial charge in [-0.2, -0.15) is 4.37 Å². The second kappa shape index (κ2) is 5.41. The smallest absolute Gasteiger partial charge is 0.202 e. The van der Waals surface area contributed by atoms with Gasteiger partial charge in [0.15, 0.2) is 0 Å². The first-order valence-corrected chi connectivity index (χ1v) is 6.65. The number of nitrogens with one attached hydrogen (secondary N) is 1. The Balaban J connectivity index is 1.96. The van der Waals surface area contributed by atoms with Crippen LogP contribution in [0.25, 0.3) is 0 Å². The molecule has 0 aliphatic rings. The maximum atomic E-state index is 4.35. The molecule has 16 heavy (non-hydrogen) atoms. The van der Waals surface area contributed by atoms with Crippen molar-refractivity contribution < 1.29 is 0 Å². The molecular formula is C11H12BrN3S. The Bertz CT molecular complexity index is 470. The minimum absolute atomic E-state index is 0.776. The van der Waals surface area contributed by atoms with Gasteiger partial charge in [0, 0.05) is 29.0 Å². The van der Waals surface area contributed by atoms with Crippen LogP contribution in [0, 0.1) is 0 Å². The van der Waals surface area contributed by atoms with Crippen LogP contribution in [0.1, 0.15) is 18.3 Å². The van der Waals surface area contributed by atoms with E-state index >= 15 is 0 Å². The van der Waals surface area contributed by atoms with E-state index in [4.69, 9.17) is 0 Å². The van der Waals surface area contributed by atoms with E-state index in [0.717, 1.165) is 28.4 Å². The van der Waals surface area contributed by atoms with Gasteiger partial charge in [-0.15, -0.1) is 0 Å². The second-order valence-electron chi connectivity index (χ2n) is 3.35. The molecule has 0 fully saturated rings. The van der Waals surface area contributed by atoms with Gasteiger partial charge < -0.3 is 5.32 Å². The van der Waals surface area contributed by atoms with Gasteiger partial charge >= 0.3 is 0 Å². The Kier molecular flexibility index (Phi) is 3.90. The number of aryl methyl sites for hydroxylation is 1. The molecule has 0 bridgehead atoms. The standard InChI is InChI=1S/C11H12BrN3S/c1-2-10-14-11(16-15-10)13-7-8-4-3-5-9(12)6-8/h3-6H,2,7H2,1H3,(H,13,14,15). The average molecular weight is 298 g/mol. The van der Waals surface area contributed by atoms with E-state index in [1.54, 1.807) is 0 Å². The minimum atomic E-state index is 0.776. The van der Waals surface area contributed by atoms with E-state index in [1.165, 1.54) is 17.1 Å². The fourth-order valence-corrected chi connectivity index (χ4v) is 2.39. The molecule has 1 aromatic heterocycles. The van der Waals surface area contributed by atoms with Crippen molar-refractivity contribution in [1.82, 2.24) is 9.36 Å². The molecule has 0 aliphatic carbocycles. The summed E-state index contributed by atoms with van der Waals surface area (Å²) in [7, 11) is 0. The number of anilines is 1. The first-order valence-electron chi connectivity index (χ1n) is 5.09. The van der Waals surface area contributed by atoms with Crippen LogP contribution in [0.4, 0.5) is 5.13 Å². The summed E-state index contributed by atoms with van der Waals surface area (Å²) in [6.07, 6.45) is 0.884. The number of halogens is 1. The Hall–Kier alpha value is -0.940. The van der Waals surface area contributed by atoms with E-state index < -0.39 is 0 Å². The highest BCUT2D eigenvalue weighted by Crippen LogP contribution is 2.15. The Morgan fingerprint density at radius 3 is 3.00 bits per heavy atom. The highest BCUT2D eigenvalue weighted by Gasteiger charge is 2.01. The normalized spacial score (nSPS) is 10.4. The topological polar surface area (TPSA) is 37.8 Å². The van der Waals surface area contributed by atoms with Crippen LogP contribution in [0.3, 0.4) is 0 Å². The van der Waals surface area contributed by atoms with Crippen LogP contribution in [0.2, 0.25) is 0 Å². The molecule has 2 rings (SSSR count). The third-order valence-corrected chi connectivity index (χ3v) is 3.32. The molecule has 2 aromatic rings. The largest absolute Gasteiger partial charge is 0.356 e. The molecule has 0 amide bonds. The fourth-order valence-electron chi connectivity index (χ4n) is 1.29. The minimum Gasteiger partial charge on any atom is -0.356 e. The molecule has 0 spiro atoms. The summed E-state index contributed by atoms with van der Waals surface area (Å²) in [6, 6.07) is 8.22. The summed E-state index contributed by atoms with van der Waals surface area (Å²) in [4.78, 5) is 4.35. The summed E-state index contributed by atoms with van der Waals surface area (Å²) >= 11 is 4.86. The Morgan fingerprint density at radius 1 is 1.44 bits per heavy atom. The molecule has 0 saturated carbocycles. The predicted octanol–water partition coefficient (Wildman–Crippen LogP) is 3.48. The molecule has 0 aliphatic heterocycles. The second-order valence-corrected chi connectivity index (χ2v) is 5.02. The third-order valence-electron chi connectivity index (χ3n) is 2.12. The summed E-state index contributed by atoms with van der Waals surface area (Å²) in [5.74, 6) is 0.904. The zero-order chi connectivity index (χ0) is 11.4. The average Bonchev–Trinajstić information content (AvgIpc) is 2.74. The van der Waals surface area contributed by atoms with Crippen molar-refractivity contribution in [3.05, 3.63) is 40.1 Å². The van der Waals surface area contributed by atoms with Crippen LogP contribution >= 0.6 is 27.5 Å². The first-order chi connectivity index (χ1) is 7.78. The lowest BCUT2D eigenvalue weighted by Crippen LogP contribution is -1.98. The zero-order valence-corrected chi connectivity index (χ0v) is 11.3. The van der Waals surface area contributed by atoms with Gasteiger partial charge in [0.2, 0.25) is 5.13 Å². The highest BCUT2D eigenvalue weighted by molar-refractivity contribution is 9.10. The van der Waals surface area contributed by atoms with Crippen molar-refractivity contribution in [3.8, 4) is 0 Å². The predicted molar refractivity (Wildman–Crippen MR) is 70.8 cm³/mol. The zero-order valence-electron chi connectivity index (χ0n) is 8.90. The first kappa shape index (κ1) is 11.5. The SMILES string of the molecule is CCc1nsc(NCc2cccc(Br)c2)n1. The fraction of sp³-hybridized carbons (Fsp3) is 0.273. The molecular weight excluding hydrogens is 286 g/mol. The van der Waals surface area contributed by atoms with Crippen LogP contribution in [0.15, 0.2) is 28.7 Å². The van der Waals surface area contributed by atoms with Gasteiger partial charge in [0.25, 0.3) is 0 Å². The third kappa shape index (κ3) is 3.02. The highest BCUT2D eigenvalue weighted by atomic mass is 79.9. The number of hydrogen-bond acceptors (Lipinski definition) is 4. The van der Waals surface area contributed by atoms with Gasteiger partial charge in [-0.1, -0.05) is 35.0 Å². The van der Waals surface area contributed by atoms with E-state index in [0.29, 0.717) is 0 Å². The molecule has 0 saturated heterocycles. The molecule has 1 aromatic carbocycles. The lowest BCUT2D eigenvalue weighted by atomic mass is 10.2. The summed E-state index contributed by atoms with van der Waals surface area (Å²) in [6.45, 7) is 2.83. The summed E-state index contributed by atoms with van der Waals surface area (Å²) in [5.41, 5.74) is 1.22. The van der Waals surface area contributed by atoms with Crippen LogP contribution < -0.4 is 5.32 Å². The van der Waals surface area contributed by atoms with Crippen LogP contribution in [0.5, 0.6) is 0 Å². The molecule has 0 atom stereocenters. The monoisotopic (exact) mass is 297 g/mol. The molecule has 1 heterocycles. The van der Waals surface area contributed by atoms with Crippen LogP contribution in [-0.2, 0) is 13.0 Å². The van der Waals surface area contributed by atoms with Gasteiger partial charge in [0.1, 0.15) is 5.82 Å². The molecule has 1 N–H and O–H groups in total. The number of benzene rings is 1. The molecule has 0 radical (unpaired) electrons. The van der Waals surface area contributed by atoms with Gasteiger partial charge in [-0.3, -0.25) is 0 Å². The maximum Gasteiger partial charge on any atom is 0.202 e. The maximum absolute atomic E-state index is 4.35. The van der Waals surface area contributed by atoms with Crippen molar-refractivity contribution in [1.29, 1.82) is 0 Å². The van der Waals surface area contributed by atoms with Crippen molar-refractivity contribution >= 4 is 32.6 Å². The van der Waals surface area contributed by atoms with Crippen molar-refractivity contribution in [2.75, 3.05) is 5.32 Å². The number of nitrogens with zero attached hydrogens (tertiary/aromatic N) is 2. The number of rotatable bonds is 4. The van der Waals surface area contributed by atoms with E-state index in [9.17, 15) is 0 Å². The lowest BCUT2D eigenvalue weighted by Gasteiger charge is -2.02. The van der Waals surface area contributed by atoms with Gasteiger partial charge in [0.05, 0.1) is 0 Å². The van der Waals surface area contributed by atoms with Crippen molar-refractivity contribution in [2.24, 2.45) is 0 Å². The molecule has 84 valence electrons. The summed E-state index contributed by atoms with van der Waals surface area (Å²) in [5, 5.41) is 4.15.